The molecule has 0 aromatic carbocycles. The van der Waals surface area contributed by atoms with Crippen molar-refractivity contribution < 1.29 is 4.79 Å². The third kappa shape index (κ3) is 3.54. The molecule has 0 aromatic rings. The van der Waals surface area contributed by atoms with Crippen molar-refractivity contribution in [3.63, 3.8) is 0 Å². The molecule has 92 valence electrons. The van der Waals surface area contributed by atoms with E-state index in [0.29, 0.717) is 6.54 Å². The van der Waals surface area contributed by atoms with Crippen molar-refractivity contribution in [2.45, 2.75) is 45.6 Å². The Morgan fingerprint density at radius 1 is 1.31 bits per heavy atom. The molecule has 1 aliphatic rings. The highest BCUT2D eigenvalue weighted by Crippen LogP contribution is 2.13. The molecule has 0 N–H and O–H groups in total. The Morgan fingerprint density at radius 3 is 2.31 bits per heavy atom. The average molecular weight is 224 g/mol. The lowest BCUT2D eigenvalue weighted by molar-refractivity contribution is 0.147. The van der Waals surface area contributed by atoms with Gasteiger partial charge in [0.1, 0.15) is 0 Å². The van der Waals surface area contributed by atoms with Gasteiger partial charge in [0.25, 0.3) is 0 Å². The van der Waals surface area contributed by atoms with Gasteiger partial charge < -0.3 is 9.80 Å². The fourth-order valence-electron chi connectivity index (χ4n) is 2.09. The highest BCUT2D eigenvalue weighted by Gasteiger charge is 2.22. The Bertz CT molecular complexity index is 230. The van der Waals surface area contributed by atoms with Crippen molar-refractivity contribution in [3.8, 4) is 0 Å². The number of hydrogen-bond donors (Lipinski definition) is 0. The van der Waals surface area contributed by atoms with Crippen LogP contribution in [0, 0.1) is 0 Å². The van der Waals surface area contributed by atoms with Crippen LogP contribution in [0.1, 0.15) is 39.5 Å². The molecule has 0 radical (unpaired) electrons. The molecule has 1 rings (SSSR count). The van der Waals surface area contributed by atoms with Gasteiger partial charge in [0.15, 0.2) is 0 Å². The Balaban J connectivity index is 2.60. The van der Waals surface area contributed by atoms with Crippen LogP contribution in [-0.4, -0.2) is 41.5 Å². The Kier molecular flexibility index (Phi) is 5.36. The Hall–Kier alpha value is -0.990. The van der Waals surface area contributed by atoms with Crippen LogP contribution in [0.2, 0.25) is 0 Å². The van der Waals surface area contributed by atoms with Crippen LogP contribution in [-0.2, 0) is 0 Å². The summed E-state index contributed by atoms with van der Waals surface area (Å²) in [6.07, 6.45) is 6.60. The SMILES string of the molecule is C=CCN(C(=O)N1CCCCCC1)C(C)C. The van der Waals surface area contributed by atoms with E-state index < -0.39 is 0 Å². The number of carbonyl (C=O) groups excluding carboxylic acids is 1. The van der Waals surface area contributed by atoms with Gasteiger partial charge in [-0.25, -0.2) is 4.79 Å². The van der Waals surface area contributed by atoms with Crippen molar-refractivity contribution in [1.82, 2.24) is 9.80 Å². The maximum Gasteiger partial charge on any atom is 0.320 e. The molecule has 3 nitrogen and oxygen atoms in total. The summed E-state index contributed by atoms with van der Waals surface area (Å²) in [4.78, 5) is 16.2. The van der Waals surface area contributed by atoms with Crippen LogP contribution >= 0.6 is 0 Å². The lowest BCUT2D eigenvalue weighted by Gasteiger charge is -2.32. The molecule has 1 fully saturated rings. The first kappa shape index (κ1) is 13.1. The lowest BCUT2D eigenvalue weighted by atomic mass is 10.2. The van der Waals surface area contributed by atoms with E-state index in [1.54, 1.807) is 6.08 Å². The summed E-state index contributed by atoms with van der Waals surface area (Å²) in [5, 5.41) is 0. The van der Waals surface area contributed by atoms with Gasteiger partial charge in [-0.2, -0.15) is 0 Å². The van der Waals surface area contributed by atoms with Crippen molar-refractivity contribution >= 4 is 6.03 Å². The number of likely N-dealkylation sites (tertiary alicyclic amines) is 1. The summed E-state index contributed by atoms with van der Waals surface area (Å²) in [5.74, 6) is 0. The minimum atomic E-state index is 0.178. The monoisotopic (exact) mass is 224 g/mol. The van der Waals surface area contributed by atoms with Crippen LogP contribution in [0.3, 0.4) is 0 Å². The third-order valence-corrected chi connectivity index (χ3v) is 3.07. The van der Waals surface area contributed by atoms with Crippen molar-refractivity contribution in [2.24, 2.45) is 0 Å². The van der Waals surface area contributed by atoms with Crippen molar-refractivity contribution in [3.05, 3.63) is 12.7 Å². The molecule has 0 saturated carbocycles. The molecule has 0 unspecified atom stereocenters. The van der Waals surface area contributed by atoms with Gasteiger partial charge >= 0.3 is 6.03 Å². The Morgan fingerprint density at radius 2 is 1.88 bits per heavy atom. The van der Waals surface area contributed by atoms with E-state index in [1.807, 2.05) is 9.80 Å². The minimum Gasteiger partial charge on any atom is -0.325 e. The van der Waals surface area contributed by atoms with Gasteiger partial charge in [-0.15, -0.1) is 6.58 Å². The minimum absolute atomic E-state index is 0.178. The number of amides is 2. The number of nitrogens with zero attached hydrogens (tertiary/aromatic N) is 2. The molecule has 2 amide bonds. The molecule has 0 atom stereocenters. The first-order valence-corrected chi connectivity index (χ1v) is 6.33. The van der Waals surface area contributed by atoms with E-state index in [2.05, 4.69) is 20.4 Å². The van der Waals surface area contributed by atoms with Gasteiger partial charge in [-0.1, -0.05) is 18.9 Å². The van der Waals surface area contributed by atoms with Crippen LogP contribution in [0.25, 0.3) is 0 Å². The fourth-order valence-corrected chi connectivity index (χ4v) is 2.09. The standard InChI is InChI=1S/C13H24N2O/c1-4-9-15(12(2)3)13(16)14-10-7-5-6-8-11-14/h4,12H,1,5-11H2,2-3H3. The zero-order chi connectivity index (χ0) is 12.0. The first-order valence-electron chi connectivity index (χ1n) is 6.33. The molecule has 1 saturated heterocycles. The van der Waals surface area contributed by atoms with Gasteiger partial charge in [-0.3, -0.25) is 0 Å². The lowest BCUT2D eigenvalue weighted by Crippen LogP contribution is -2.46. The van der Waals surface area contributed by atoms with E-state index in [4.69, 9.17) is 0 Å². The van der Waals surface area contributed by atoms with E-state index in [1.165, 1.54) is 12.8 Å². The smallest absolute Gasteiger partial charge is 0.320 e. The number of carbonyl (C=O) groups is 1. The summed E-state index contributed by atoms with van der Waals surface area (Å²) in [7, 11) is 0. The largest absolute Gasteiger partial charge is 0.325 e. The van der Waals surface area contributed by atoms with E-state index in [9.17, 15) is 4.79 Å². The fraction of sp³-hybridized carbons (Fsp3) is 0.769. The molecular weight excluding hydrogens is 200 g/mol. The number of rotatable bonds is 3. The Labute approximate surface area is 99.1 Å². The molecule has 16 heavy (non-hydrogen) atoms. The molecular formula is C13H24N2O. The molecule has 0 aliphatic carbocycles. The topological polar surface area (TPSA) is 23.6 Å². The highest BCUT2D eigenvalue weighted by atomic mass is 16.2. The zero-order valence-corrected chi connectivity index (χ0v) is 10.6. The number of urea groups is 1. The molecule has 0 bridgehead atoms. The summed E-state index contributed by atoms with van der Waals surface area (Å²) in [5.41, 5.74) is 0. The quantitative estimate of drug-likeness (QED) is 0.676. The predicted octanol–water partition coefficient (Wildman–Crippen LogP) is 2.88. The molecule has 0 aromatic heterocycles. The summed E-state index contributed by atoms with van der Waals surface area (Å²) >= 11 is 0. The van der Waals surface area contributed by atoms with E-state index in [0.717, 1.165) is 25.9 Å². The summed E-state index contributed by atoms with van der Waals surface area (Å²) in [6.45, 7) is 10.3. The number of hydrogen-bond acceptors (Lipinski definition) is 1. The highest BCUT2D eigenvalue weighted by molar-refractivity contribution is 5.75. The van der Waals surface area contributed by atoms with Crippen molar-refractivity contribution in [1.29, 1.82) is 0 Å². The molecule has 1 heterocycles. The van der Waals surface area contributed by atoms with Crippen LogP contribution in [0.15, 0.2) is 12.7 Å². The summed E-state index contributed by atoms with van der Waals surface area (Å²) < 4.78 is 0. The second kappa shape index (κ2) is 6.56. The average Bonchev–Trinajstić information content (AvgIpc) is 2.53. The predicted molar refractivity (Wildman–Crippen MR) is 67.5 cm³/mol. The zero-order valence-electron chi connectivity index (χ0n) is 10.6. The van der Waals surface area contributed by atoms with Gasteiger partial charge in [0, 0.05) is 25.7 Å². The van der Waals surface area contributed by atoms with Gasteiger partial charge in [0.05, 0.1) is 0 Å². The maximum atomic E-state index is 12.3. The third-order valence-electron chi connectivity index (χ3n) is 3.07. The second-order valence-electron chi connectivity index (χ2n) is 4.72. The maximum absolute atomic E-state index is 12.3. The summed E-state index contributed by atoms with van der Waals surface area (Å²) in [6, 6.07) is 0.422. The van der Waals surface area contributed by atoms with Crippen LogP contribution < -0.4 is 0 Å². The van der Waals surface area contributed by atoms with Crippen molar-refractivity contribution in [2.75, 3.05) is 19.6 Å². The van der Waals surface area contributed by atoms with Crippen LogP contribution in [0.5, 0.6) is 0 Å². The second-order valence-corrected chi connectivity index (χ2v) is 4.72. The molecule has 0 spiro atoms. The first-order chi connectivity index (χ1) is 7.66. The van der Waals surface area contributed by atoms with E-state index >= 15 is 0 Å². The van der Waals surface area contributed by atoms with Gasteiger partial charge in [0.2, 0.25) is 0 Å². The van der Waals surface area contributed by atoms with E-state index in [-0.39, 0.29) is 12.1 Å². The van der Waals surface area contributed by atoms with Crippen LogP contribution in [0.4, 0.5) is 4.79 Å². The molecule has 1 aliphatic heterocycles. The normalized spacial score (nSPS) is 17.1. The van der Waals surface area contributed by atoms with Gasteiger partial charge in [-0.05, 0) is 26.7 Å². The molecule has 3 heteroatoms.